The Morgan fingerprint density at radius 1 is 1.47 bits per heavy atom. The van der Waals surface area contributed by atoms with Gasteiger partial charge in [-0.25, -0.2) is 4.98 Å². The van der Waals surface area contributed by atoms with Crippen LogP contribution in [-0.4, -0.2) is 24.2 Å². The van der Waals surface area contributed by atoms with Gasteiger partial charge in [-0.05, 0) is 25.7 Å². The van der Waals surface area contributed by atoms with Crippen molar-refractivity contribution in [2.45, 2.75) is 44.8 Å². The molecule has 0 bridgehead atoms. The van der Waals surface area contributed by atoms with Crippen molar-refractivity contribution in [1.82, 2.24) is 4.98 Å². The van der Waals surface area contributed by atoms with Crippen LogP contribution >= 0.6 is 11.3 Å². The van der Waals surface area contributed by atoms with Gasteiger partial charge in [0.2, 0.25) is 0 Å². The third-order valence-corrected chi connectivity index (χ3v) is 4.31. The summed E-state index contributed by atoms with van der Waals surface area (Å²) in [5, 5.41) is 0.460. The van der Waals surface area contributed by atoms with E-state index in [0.29, 0.717) is 18.1 Å². The highest BCUT2D eigenvalue weighted by molar-refractivity contribution is 7.15. The van der Waals surface area contributed by atoms with Gasteiger partial charge in [0.1, 0.15) is 6.54 Å². The summed E-state index contributed by atoms with van der Waals surface area (Å²) in [6, 6.07) is -0.122. The minimum atomic E-state index is -4.20. The molecule has 0 fully saturated rings. The minimum absolute atomic E-state index is 0.122. The van der Waals surface area contributed by atoms with Gasteiger partial charge in [-0.1, -0.05) is 6.92 Å². The zero-order chi connectivity index (χ0) is 14.0. The van der Waals surface area contributed by atoms with Crippen LogP contribution in [0.2, 0.25) is 0 Å². The molecule has 1 heterocycles. The maximum atomic E-state index is 12.6. The Hall–Kier alpha value is -0.820. The number of hydrogen-bond acceptors (Lipinski definition) is 4. The summed E-state index contributed by atoms with van der Waals surface area (Å²) in [4.78, 5) is 6.72. The van der Waals surface area contributed by atoms with Gasteiger partial charge in [-0.3, -0.25) is 0 Å². The SMILES string of the molecule is CCCN(CC(F)(F)F)c1nc2c(s1)CCCC2N. The number of aromatic nitrogens is 1. The summed E-state index contributed by atoms with van der Waals surface area (Å²) < 4.78 is 37.8. The number of nitrogens with two attached hydrogens (primary N) is 1. The van der Waals surface area contributed by atoms with E-state index >= 15 is 0 Å². The molecule has 1 aliphatic rings. The number of alkyl halides is 3. The van der Waals surface area contributed by atoms with Gasteiger partial charge in [-0.15, -0.1) is 11.3 Å². The fourth-order valence-electron chi connectivity index (χ4n) is 2.30. The van der Waals surface area contributed by atoms with E-state index in [-0.39, 0.29) is 6.04 Å². The molecule has 0 radical (unpaired) electrons. The first-order chi connectivity index (χ1) is 8.90. The number of nitrogens with zero attached hydrogens (tertiary/aromatic N) is 2. The molecule has 2 rings (SSSR count). The van der Waals surface area contributed by atoms with Crippen LogP contribution in [0.1, 0.15) is 42.8 Å². The molecule has 3 nitrogen and oxygen atoms in total. The third kappa shape index (κ3) is 3.60. The lowest BCUT2D eigenvalue weighted by atomic mass is 9.99. The molecule has 0 spiro atoms. The average molecular weight is 293 g/mol. The lowest BCUT2D eigenvalue weighted by Crippen LogP contribution is -2.34. The molecule has 2 N–H and O–H groups in total. The highest BCUT2D eigenvalue weighted by atomic mass is 32.1. The number of thiazole rings is 1. The Morgan fingerprint density at radius 2 is 2.21 bits per heavy atom. The molecule has 0 saturated carbocycles. The van der Waals surface area contributed by atoms with Crippen LogP contribution in [0.3, 0.4) is 0 Å². The molecule has 1 aromatic rings. The van der Waals surface area contributed by atoms with Gasteiger partial charge in [0.25, 0.3) is 0 Å². The fraction of sp³-hybridized carbons (Fsp3) is 0.750. The minimum Gasteiger partial charge on any atom is -0.339 e. The highest BCUT2D eigenvalue weighted by Crippen LogP contribution is 2.36. The number of aryl methyl sites for hydroxylation is 1. The molecule has 1 aliphatic carbocycles. The van der Waals surface area contributed by atoms with Crippen LogP contribution in [0.5, 0.6) is 0 Å². The second-order valence-electron chi connectivity index (χ2n) is 4.84. The molecule has 108 valence electrons. The van der Waals surface area contributed by atoms with Crippen LogP contribution in [0.15, 0.2) is 0 Å². The van der Waals surface area contributed by atoms with E-state index in [4.69, 9.17) is 5.73 Å². The maximum Gasteiger partial charge on any atom is 0.406 e. The maximum absolute atomic E-state index is 12.6. The lowest BCUT2D eigenvalue weighted by Gasteiger charge is -2.22. The predicted octanol–water partition coefficient (Wildman–Crippen LogP) is 3.26. The van der Waals surface area contributed by atoms with Crippen molar-refractivity contribution in [3.63, 3.8) is 0 Å². The van der Waals surface area contributed by atoms with Crippen LogP contribution in [0.25, 0.3) is 0 Å². The van der Waals surface area contributed by atoms with Crippen LogP contribution in [0.4, 0.5) is 18.3 Å². The van der Waals surface area contributed by atoms with Crippen LogP contribution in [0, 0.1) is 0 Å². The normalized spacial score (nSPS) is 19.3. The van der Waals surface area contributed by atoms with E-state index in [0.717, 1.165) is 29.8 Å². The molecular weight excluding hydrogens is 275 g/mol. The van der Waals surface area contributed by atoms with Gasteiger partial charge in [0, 0.05) is 17.5 Å². The number of hydrogen-bond donors (Lipinski definition) is 1. The standard InChI is InChI=1S/C12H18F3N3S/c1-2-6-18(7-12(13,14)15)11-17-10-8(16)4-3-5-9(10)19-11/h8H,2-7,16H2,1H3. The van der Waals surface area contributed by atoms with Gasteiger partial charge >= 0.3 is 6.18 Å². The lowest BCUT2D eigenvalue weighted by molar-refractivity contribution is -0.119. The van der Waals surface area contributed by atoms with Crippen molar-refractivity contribution in [3.05, 3.63) is 10.6 Å². The molecule has 1 unspecified atom stereocenters. The Balaban J connectivity index is 2.22. The number of anilines is 1. The zero-order valence-electron chi connectivity index (χ0n) is 10.8. The Bertz CT molecular complexity index is 430. The van der Waals surface area contributed by atoms with Crippen molar-refractivity contribution < 1.29 is 13.2 Å². The summed E-state index contributed by atoms with van der Waals surface area (Å²) in [7, 11) is 0. The topological polar surface area (TPSA) is 42.2 Å². The molecule has 19 heavy (non-hydrogen) atoms. The smallest absolute Gasteiger partial charge is 0.339 e. The second kappa shape index (κ2) is 5.66. The van der Waals surface area contributed by atoms with Gasteiger partial charge in [0.15, 0.2) is 5.13 Å². The van der Waals surface area contributed by atoms with Crippen LogP contribution < -0.4 is 10.6 Å². The first-order valence-electron chi connectivity index (χ1n) is 6.47. The Labute approximate surface area is 114 Å². The Morgan fingerprint density at radius 3 is 2.79 bits per heavy atom. The van der Waals surface area contributed by atoms with Gasteiger partial charge in [-0.2, -0.15) is 13.2 Å². The summed E-state index contributed by atoms with van der Waals surface area (Å²) in [6.07, 6.45) is -0.811. The van der Waals surface area contributed by atoms with E-state index in [1.807, 2.05) is 6.92 Å². The molecule has 1 aromatic heterocycles. The molecule has 7 heteroatoms. The number of fused-ring (bicyclic) bond motifs is 1. The summed E-state index contributed by atoms with van der Waals surface area (Å²) >= 11 is 1.36. The van der Waals surface area contributed by atoms with E-state index < -0.39 is 12.7 Å². The van der Waals surface area contributed by atoms with Crippen molar-refractivity contribution in [2.24, 2.45) is 5.73 Å². The first-order valence-corrected chi connectivity index (χ1v) is 7.29. The van der Waals surface area contributed by atoms with Crippen molar-refractivity contribution in [2.75, 3.05) is 18.0 Å². The monoisotopic (exact) mass is 293 g/mol. The largest absolute Gasteiger partial charge is 0.406 e. The predicted molar refractivity (Wildman–Crippen MR) is 70.5 cm³/mol. The summed E-state index contributed by atoms with van der Waals surface area (Å²) in [6.45, 7) is 1.28. The molecule has 1 atom stereocenters. The van der Waals surface area contributed by atoms with E-state index in [1.54, 1.807) is 0 Å². The third-order valence-electron chi connectivity index (χ3n) is 3.12. The van der Waals surface area contributed by atoms with E-state index in [9.17, 15) is 13.2 Å². The van der Waals surface area contributed by atoms with Crippen molar-refractivity contribution in [1.29, 1.82) is 0 Å². The fourth-order valence-corrected chi connectivity index (χ4v) is 3.50. The molecular formula is C12H18F3N3S. The van der Waals surface area contributed by atoms with Crippen molar-refractivity contribution >= 4 is 16.5 Å². The van der Waals surface area contributed by atoms with E-state index in [1.165, 1.54) is 16.2 Å². The number of rotatable bonds is 4. The quantitative estimate of drug-likeness (QED) is 0.926. The van der Waals surface area contributed by atoms with Gasteiger partial charge in [0.05, 0.1) is 5.69 Å². The molecule has 0 amide bonds. The van der Waals surface area contributed by atoms with E-state index in [2.05, 4.69) is 4.98 Å². The van der Waals surface area contributed by atoms with Crippen LogP contribution in [-0.2, 0) is 6.42 Å². The van der Waals surface area contributed by atoms with Gasteiger partial charge < -0.3 is 10.6 Å². The zero-order valence-corrected chi connectivity index (χ0v) is 11.7. The van der Waals surface area contributed by atoms with Crippen molar-refractivity contribution in [3.8, 4) is 0 Å². The second-order valence-corrected chi connectivity index (χ2v) is 5.90. The Kier molecular flexibility index (Phi) is 4.35. The highest BCUT2D eigenvalue weighted by Gasteiger charge is 2.32. The summed E-state index contributed by atoms with van der Waals surface area (Å²) in [5.74, 6) is 0. The first kappa shape index (κ1) is 14.6. The molecule has 0 aromatic carbocycles. The average Bonchev–Trinajstić information content (AvgIpc) is 2.72. The number of halogens is 3. The molecule has 0 saturated heterocycles. The summed E-state index contributed by atoms with van der Waals surface area (Å²) in [5.41, 5.74) is 6.76. The molecule has 0 aliphatic heterocycles.